The van der Waals surface area contributed by atoms with Crippen LogP contribution in [0.5, 0.6) is 0 Å². The van der Waals surface area contributed by atoms with E-state index in [2.05, 4.69) is 12.2 Å². The first-order valence-electron chi connectivity index (χ1n) is 12.4. The maximum atomic E-state index is 12.0. The van der Waals surface area contributed by atoms with Crippen molar-refractivity contribution in [1.29, 1.82) is 0 Å². The summed E-state index contributed by atoms with van der Waals surface area (Å²) in [7, 11) is 0. The van der Waals surface area contributed by atoms with Crippen LogP contribution in [-0.4, -0.2) is 34.6 Å². The Labute approximate surface area is 189 Å². The van der Waals surface area contributed by atoms with Crippen LogP contribution in [0.15, 0.2) is 0 Å². The molecule has 0 radical (unpaired) electrons. The number of carboxylic acids is 1. The van der Waals surface area contributed by atoms with E-state index in [1.165, 1.54) is 64.2 Å². The molecular weight excluding hydrogens is 394 g/mol. The Kier molecular flexibility index (Phi) is 17.1. The molecular formula is C25H47NO5. The molecule has 1 atom stereocenters. The van der Waals surface area contributed by atoms with Crippen LogP contribution in [0.4, 0.5) is 0 Å². The van der Waals surface area contributed by atoms with Crippen molar-refractivity contribution in [1.82, 2.24) is 5.32 Å². The molecule has 6 nitrogen and oxygen atoms in total. The molecule has 0 aromatic rings. The number of nitrogens with one attached hydrogen (secondary N) is 1. The first-order valence-corrected chi connectivity index (χ1v) is 12.4. The monoisotopic (exact) mass is 441 g/mol. The van der Waals surface area contributed by atoms with E-state index in [9.17, 15) is 19.5 Å². The Morgan fingerprint density at radius 1 is 0.774 bits per heavy atom. The van der Waals surface area contributed by atoms with Crippen molar-refractivity contribution in [3.8, 4) is 0 Å². The van der Waals surface area contributed by atoms with Crippen LogP contribution >= 0.6 is 0 Å². The van der Waals surface area contributed by atoms with E-state index < -0.39 is 23.6 Å². The second kappa shape index (κ2) is 18.0. The number of rotatable bonds is 19. The molecule has 0 fully saturated rings. The van der Waals surface area contributed by atoms with Crippen molar-refractivity contribution in [2.75, 3.05) is 0 Å². The number of esters is 1. The summed E-state index contributed by atoms with van der Waals surface area (Å²) in [5, 5.41) is 11.8. The fourth-order valence-corrected chi connectivity index (χ4v) is 3.48. The van der Waals surface area contributed by atoms with Gasteiger partial charge in [0, 0.05) is 12.8 Å². The summed E-state index contributed by atoms with van der Waals surface area (Å²) >= 11 is 0. The third-order valence-electron chi connectivity index (χ3n) is 5.20. The van der Waals surface area contributed by atoms with Crippen molar-refractivity contribution < 1.29 is 24.2 Å². The Hall–Kier alpha value is -1.59. The number of aliphatic carboxylic acids is 1. The van der Waals surface area contributed by atoms with Crippen molar-refractivity contribution in [3.63, 3.8) is 0 Å². The van der Waals surface area contributed by atoms with Crippen LogP contribution in [0.25, 0.3) is 0 Å². The largest absolute Gasteiger partial charge is 0.480 e. The number of amides is 1. The maximum Gasteiger partial charge on any atom is 0.326 e. The summed E-state index contributed by atoms with van der Waals surface area (Å²) < 4.78 is 5.18. The summed E-state index contributed by atoms with van der Waals surface area (Å²) in [6, 6.07) is -1.05. The average Bonchev–Trinajstić information content (AvgIpc) is 2.67. The number of carboxylic acid groups (broad SMARTS) is 1. The van der Waals surface area contributed by atoms with Gasteiger partial charge in [0.2, 0.25) is 5.91 Å². The van der Waals surface area contributed by atoms with Gasteiger partial charge >= 0.3 is 11.9 Å². The molecule has 0 aliphatic heterocycles. The lowest BCUT2D eigenvalue weighted by molar-refractivity contribution is -0.155. The van der Waals surface area contributed by atoms with Crippen molar-refractivity contribution in [2.45, 2.75) is 142 Å². The SMILES string of the molecule is CCCCCCCCCCCCCCCC(=O)NC(CCC(=O)OC(C)(C)C)C(=O)O. The van der Waals surface area contributed by atoms with Crippen LogP contribution in [0, 0.1) is 0 Å². The van der Waals surface area contributed by atoms with Gasteiger partial charge in [-0.3, -0.25) is 9.59 Å². The van der Waals surface area contributed by atoms with E-state index in [0.29, 0.717) is 6.42 Å². The zero-order valence-corrected chi connectivity index (χ0v) is 20.5. The number of unbranched alkanes of at least 4 members (excludes halogenated alkanes) is 12. The zero-order chi connectivity index (χ0) is 23.5. The summed E-state index contributed by atoms with van der Waals surface area (Å²) in [5.74, 6) is -1.84. The number of ether oxygens (including phenoxy) is 1. The molecule has 0 spiro atoms. The van der Waals surface area contributed by atoms with Crippen molar-refractivity contribution >= 4 is 17.8 Å². The van der Waals surface area contributed by atoms with Gasteiger partial charge < -0.3 is 15.2 Å². The quantitative estimate of drug-likeness (QED) is 0.185. The fourth-order valence-electron chi connectivity index (χ4n) is 3.48. The first kappa shape index (κ1) is 29.4. The molecule has 1 amide bonds. The molecule has 0 saturated heterocycles. The lowest BCUT2D eigenvalue weighted by atomic mass is 10.0. The molecule has 182 valence electrons. The van der Waals surface area contributed by atoms with Crippen molar-refractivity contribution in [2.24, 2.45) is 0 Å². The molecule has 0 aromatic heterocycles. The summed E-state index contributed by atoms with van der Waals surface area (Å²) in [4.78, 5) is 35.1. The van der Waals surface area contributed by atoms with E-state index in [1.807, 2.05) is 0 Å². The van der Waals surface area contributed by atoms with Crippen LogP contribution in [0.3, 0.4) is 0 Å². The number of carbonyl (C=O) groups excluding carboxylic acids is 2. The molecule has 0 aliphatic carbocycles. The second-order valence-corrected chi connectivity index (χ2v) is 9.58. The summed E-state index contributed by atoms with van der Waals surface area (Å²) in [6.07, 6.45) is 16.4. The van der Waals surface area contributed by atoms with Gasteiger partial charge in [0.05, 0.1) is 0 Å². The molecule has 0 aromatic carbocycles. The van der Waals surface area contributed by atoms with Crippen molar-refractivity contribution in [3.05, 3.63) is 0 Å². The maximum absolute atomic E-state index is 12.0. The van der Waals surface area contributed by atoms with E-state index >= 15 is 0 Å². The number of hydrogen-bond acceptors (Lipinski definition) is 4. The minimum absolute atomic E-state index is 0.0345. The highest BCUT2D eigenvalue weighted by atomic mass is 16.6. The van der Waals surface area contributed by atoms with Gasteiger partial charge in [-0.2, -0.15) is 0 Å². The average molecular weight is 442 g/mol. The minimum Gasteiger partial charge on any atom is -0.480 e. The predicted molar refractivity (Wildman–Crippen MR) is 125 cm³/mol. The Morgan fingerprint density at radius 2 is 1.23 bits per heavy atom. The lowest BCUT2D eigenvalue weighted by Gasteiger charge is -2.20. The molecule has 0 rings (SSSR count). The van der Waals surface area contributed by atoms with Gasteiger partial charge in [-0.25, -0.2) is 4.79 Å². The van der Waals surface area contributed by atoms with E-state index in [4.69, 9.17) is 4.74 Å². The van der Waals surface area contributed by atoms with Gasteiger partial charge in [0.1, 0.15) is 11.6 Å². The Bertz CT molecular complexity index is 499. The fraction of sp³-hybridized carbons (Fsp3) is 0.880. The number of hydrogen-bond donors (Lipinski definition) is 2. The van der Waals surface area contributed by atoms with Crippen LogP contribution in [0.2, 0.25) is 0 Å². The first-order chi connectivity index (χ1) is 14.7. The second-order valence-electron chi connectivity index (χ2n) is 9.58. The molecule has 31 heavy (non-hydrogen) atoms. The Balaban J connectivity index is 3.74. The molecule has 2 N–H and O–H groups in total. The van der Waals surface area contributed by atoms with Crippen LogP contribution in [0.1, 0.15) is 130 Å². The van der Waals surface area contributed by atoms with Crippen LogP contribution < -0.4 is 5.32 Å². The predicted octanol–water partition coefficient (Wildman–Crippen LogP) is 6.16. The van der Waals surface area contributed by atoms with Gasteiger partial charge in [0.15, 0.2) is 0 Å². The highest BCUT2D eigenvalue weighted by Gasteiger charge is 2.23. The molecule has 0 bridgehead atoms. The topological polar surface area (TPSA) is 92.7 Å². The molecule has 6 heteroatoms. The Morgan fingerprint density at radius 3 is 1.65 bits per heavy atom. The van der Waals surface area contributed by atoms with E-state index in [0.717, 1.165) is 19.3 Å². The van der Waals surface area contributed by atoms with Crippen LogP contribution in [-0.2, 0) is 19.1 Å². The minimum atomic E-state index is -1.12. The third-order valence-corrected chi connectivity index (χ3v) is 5.20. The molecule has 0 aliphatic rings. The normalized spacial score (nSPS) is 12.4. The highest BCUT2D eigenvalue weighted by Crippen LogP contribution is 2.13. The van der Waals surface area contributed by atoms with E-state index in [1.54, 1.807) is 20.8 Å². The van der Waals surface area contributed by atoms with Gasteiger partial charge in [0.25, 0.3) is 0 Å². The molecule has 0 heterocycles. The summed E-state index contributed by atoms with van der Waals surface area (Å²) in [5.41, 5.74) is -0.604. The van der Waals surface area contributed by atoms with Gasteiger partial charge in [-0.05, 0) is 33.6 Å². The van der Waals surface area contributed by atoms with E-state index in [-0.39, 0.29) is 18.7 Å². The van der Waals surface area contributed by atoms with Gasteiger partial charge in [-0.15, -0.1) is 0 Å². The standard InChI is InChI=1S/C25H47NO5/c1-5-6-7-8-9-10-11-12-13-14-15-16-17-18-22(27)26-21(24(29)30)19-20-23(28)31-25(2,3)4/h21H,5-20H2,1-4H3,(H,26,27)(H,29,30). The molecule has 1 unspecified atom stereocenters. The zero-order valence-electron chi connectivity index (χ0n) is 20.5. The molecule has 0 saturated carbocycles. The smallest absolute Gasteiger partial charge is 0.326 e. The third kappa shape index (κ3) is 20.1. The summed E-state index contributed by atoms with van der Waals surface area (Å²) in [6.45, 7) is 7.53. The highest BCUT2D eigenvalue weighted by molar-refractivity contribution is 5.84. The van der Waals surface area contributed by atoms with Gasteiger partial charge in [-0.1, -0.05) is 84.0 Å². The lowest BCUT2D eigenvalue weighted by Crippen LogP contribution is -2.41. The number of carbonyl (C=O) groups is 3.